The molecule has 0 unspecified atom stereocenters. The summed E-state index contributed by atoms with van der Waals surface area (Å²) in [5, 5.41) is 9.35. The van der Waals surface area contributed by atoms with Crippen molar-refractivity contribution in [1.82, 2.24) is 0 Å². The van der Waals surface area contributed by atoms with Crippen molar-refractivity contribution in [2.45, 2.75) is 26.9 Å². The molecule has 0 radical (unpaired) electrons. The second-order valence-corrected chi connectivity index (χ2v) is 4.56. The molecular formula is C14H22O3. The molecule has 0 aliphatic carbocycles. The highest BCUT2D eigenvalue weighted by Crippen LogP contribution is 2.17. The van der Waals surface area contributed by atoms with Crippen molar-refractivity contribution >= 4 is 0 Å². The molecule has 0 fully saturated rings. The van der Waals surface area contributed by atoms with E-state index in [1.54, 1.807) is 6.92 Å². The molecule has 3 nitrogen and oxygen atoms in total. The van der Waals surface area contributed by atoms with Gasteiger partial charge in [0.25, 0.3) is 0 Å². The van der Waals surface area contributed by atoms with Crippen LogP contribution >= 0.6 is 0 Å². The zero-order valence-electron chi connectivity index (χ0n) is 10.8. The highest BCUT2D eigenvalue weighted by Gasteiger charge is 2.00. The molecule has 17 heavy (non-hydrogen) atoms. The largest absolute Gasteiger partial charge is 0.491 e. The number of rotatable bonds is 7. The fourth-order valence-electron chi connectivity index (χ4n) is 1.38. The van der Waals surface area contributed by atoms with Crippen LogP contribution in [0.15, 0.2) is 24.3 Å². The van der Waals surface area contributed by atoms with Gasteiger partial charge in [0.1, 0.15) is 12.4 Å². The topological polar surface area (TPSA) is 38.7 Å². The van der Waals surface area contributed by atoms with Crippen molar-refractivity contribution in [1.29, 1.82) is 0 Å². The number of benzene rings is 1. The maximum Gasteiger partial charge on any atom is 0.119 e. The Kier molecular flexibility index (Phi) is 6.01. The van der Waals surface area contributed by atoms with E-state index in [0.29, 0.717) is 19.1 Å². The summed E-state index contributed by atoms with van der Waals surface area (Å²) < 4.78 is 10.9. The van der Waals surface area contributed by atoms with Crippen LogP contribution in [0.5, 0.6) is 5.75 Å². The molecule has 0 aliphatic heterocycles. The Hall–Kier alpha value is -1.06. The summed E-state index contributed by atoms with van der Waals surface area (Å²) in [7, 11) is 0. The smallest absolute Gasteiger partial charge is 0.119 e. The number of ether oxygens (including phenoxy) is 2. The van der Waals surface area contributed by atoms with Crippen molar-refractivity contribution in [2.75, 3.05) is 19.8 Å². The van der Waals surface area contributed by atoms with Crippen LogP contribution in [0.4, 0.5) is 0 Å². The first-order chi connectivity index (χ1) is 8.09. The summed E-state index contributed by atoms with van der Waals surface area (Å²) in [5.41, 5.74) is 0.897. The molecule has 0 saturated carbocycles. The van der Waals surface area contributed by atoms with Gasteiger partial charge in [-0.15, -0.1) is 0 Å². The van der Waals surface area contributed by atoms with Gasteiger partial charge in [0.2, 0.25) is 0 Å². The number of aliphatic hydroxyl groups excluding tert-OH is 1. The van der Waals surface area contributed by atoms with E-state index >= 15 is 0 Å². The van der Waals surface area contributed by atoms with Gasteiger partial charge in [-0.3, -0.25) is 0 Å². The van der Waals surface area contributed by atoms with Crippen LogP contribution in [0, 0.1) is 5.92 Å². The van der Waals surface area contributed by atoms with Crippen LogP contribution < -0.4 is 4.74 Å². The molecule has 0 amide bonds. The molecule has 0 bridgehead atoms. The fraction of sp³-hybridized carbons (Fsp3) is 0.571. The fourth-order valence-corrected chi connectivity index (χ4v) is 1.38. The lowest BCUT2D eigenvalue weighted by atomic mass is 10.1. The molecule has 0 aromatic heterocycles. The minimum Gasteiger partial charge on any atom is -0.491 e. The van der Waals surface area contributed by atoms with E-state index in [1.807, 2.05) is 24.3 Å². The number of hydrogen-bond donors (Lipinski definition) is 1. The van der Waals surface area contributed by atoms with Gasteiger partial charge in [0.05, 0.1) is 12.7 Å². The second kappa shape index (κ2) is 7.30. The molecule has 0 saturated heterocycles. The molecule has 1 N–H and O–H groups in total. The van der Waals surface area contributed by atoms with Gasteiger partial charge < -0.3 is 14.6 Å². The van der Waals surface area contributed by atoms with Crippen molar-refractivity contribution in [3.05, 3.63) is 29.8 Å². The third kappa shape index (κ3) is 5.71. The molecule has 96 valence electrons. The Labute approximate surface area is 103 Å². The van der Waals surface area contributed by atoms with Crippen molar-refractivity contribution < 1.29 is 14.6 Å². The van der Waals surface area contributed by atoms with E-state index < -0.39 is 6.10 Å². The lowest BCUT2D eigenvalue weighted by Gasteiger charge is -2.10. The SMILES string of the molecule is CC(C)COCCOc1ccc([C@@H](C)O)cc1. The third-order valence-corrected chi connectivity index (χ3v) is 2.31. The Morgan fingerprint density at radius 1 is 1.06 bits per heavy atom. The van der Waals surface area contributed by atoms with Crippen LogP contribution in [0.25, 0.3) is 0 Å². The van der Waals surface area contributed by atoms with Gasteiger partial charge in [0, 0.05) is 6.61 Å². The number of aliphatic hydroxyl groups is 1. The minimum atomic E-state index is -0.432. The molecule has 1 rings (SSSR count). The highest BCUT2D eigenvalue weighted by atomic mass is 16.5. The lowest BCUT2D eigenvalue weighted by Crippen LogP contribution is -2.10. The van der Waals surface area contributed by atoms with Gasteiger partial charge in [0.15, 0.2) is 0 Å². The summed E-state index contributed by atoms with van der Waals surface area (Å²) >= 11 is 0. The van der Waals surface area contributed by atoms with Crippen LogP contribution in [-0.2, 0) is 4.74 Å². The van der Waals surface area contributed by atoms with E-state index in [9.17, 15) is 5.11 Å². The van der Waals surface area contributed by atoms with Gasteiger partial charge in [-0.1, -0.05) is 26.0 Å². The summed E-state index contributed by atoms with van der Waals surface area (Å²) in [6.45, 7) is 7.92. The van der Waals surface area contributed by atoms with Crippen LogP contribution in [0.3, 0.4) is 0 Å². The van der Waals surface area contributed by atoms with Gasteiger partial charge in [-0.25, -0.2) is 0 Å². The number of hydrogen-bond acceptors (Lipinski definition) is 3. The third-order valence-electron chi connectivity index (χ3n) is 2.31. The minimum absolute atomic E-state index is 0.432. The van der Waals surface area contributed by atoms with Crippen molar-refractivity contribution in [2.24, 2.45) is 5.92 Å². The molecule has 1 aromatic carbocycles. The molecule has 1 aromatic rings. The molecule has 3 heteroatoms. The molecular weight excluding hydrogens is 216 g/mol. The lowest BCUT2D eigenvalue weighted by molar-refractivity contribution is 0.0819. The van der Waals surface area contributed by atoms with E-state index in [-0.39, 0.29) is 0 Å². The van der Waals surface area contributed by atoms with Crippen molar-refractivity contribution in [3.8, 4) is 5.75 Å². The Morgan fingerprint density at radius 3 is 2.24 bits per heavy atom. The van der Waals surface area contributed by atoms with Gasteiger partial charge in [-0.2, -0.15) is 0 Å². The molecule has 0 heterocycles. The summed E-state index contributed by atoms with van der Waals surface area (Å²) in [6, 6.07) is 7.47. The zero-order chi connectivity index (χ0) is 12.7. The normalized spacial score (nSPS) is 12.8. The summed E-state index contributed by atoms with van der Waals surface area (Å²) in [4.78, 5) is 0. The predicted octanol–water partition coefficient (Wildman–Crippen LogP) is 2.79. The van der Waals surface area contributed by atoms with E-state index in [2.05, 4.69) is 13.8 Å². The Bertz CT molecular complexity index is 304. The first-order valence-electron chi connectivity index (χ1n) is 6.08. The highest BCUT2D eigenvalue weighted by molar-refractivity contribution is 5.28. The zero-order valence-corrected chi connectivity index (χ0v) is 10.8. The van der Waals surface area contributed by atoms with Gasteiger partial charge in [-0.05, 0) is 30.5 Å². The quantitative estimate of drug-likeness (QED) is 0.742. The average molecular weight is 238 g/mol. The molecule has 1 atom stereocenters. The van der Waals surface area contributed by atoms with Gasteiger partial charge >= 0.3 is 0 Å². The maximum atomic E-state index is 9.35. The van der Waals surface area contributed by atoms with Crippen LogP contribution in [0.1, 0.15) is 32.4 Å². The van der Waals surface area contributed by atoms with Crippen LogP contribution in [-0.4, -0.2) is 24.9 Å². The maximum absolute atomic E-state index is 9.35. The first-order valence-corrected chi connectivity index (χ1v) is 6.08. The Balaban J connectivity index is 2.23. The summed E-state index contributed by atoms with van der Waals surface area (Å²) in [6.07, 6.45) is -0.432. The molecule has 0 spiro atoms. The first kappa shape index (κ1) is 14.0. The molecule has 0 aliphatic rings. The predicted molar refractivity (Wildman–Crippen MR) is 68.2 cm³/mol. The van der Waals surface area contributed by atoms with Crippen molar-refractivity contribution in [3.63, 3.8) is 0 Å². The average Bonchev–Trinajstić information content (AvgIpc) is 2.29. The summed E-state index contributed by atoms with van der Waals surface area (Å²) in [5.74, 6) is 1.36. The standard InChI is InChI=1S/C14H22O3/c1-11(2)10-16-8-9-17-14-6-4-13(5-7-14)12(3)15/h4-7,11-12,15H,8-10H2,1-3H3/t12-/m1/s1. The second-order valence-electron chi connectivity index (χ2n) is 4.56. The Morgan fingerprint density at radius 2 is 1.71 bits per heavy atom. The van der Waals surface area contributed by atoms with Crippen LogP contribution in [0.2, 0.25) is 0 Å². The van der Waals surface area contributed by atoms with E-state index in [4.69, 9.17) is 9.47 Å². The monoisotopic (exact) mass is 238 g/mol. The van der Waals surface area contributed by atoms with E-state index in [1.165, 1.54) is 0 Å². The van der Waals surface area contributed by atoms with E-state index in [0.717, 1.165) is 17.9 Å².